The fraction of sp³-hybridized carbons (Fsp3) is 0.455. The molecule has 3 nitrogen and oxygen atoms in total. The quantitative estimate of drug-likeness (QED) is 0.200. The number of hydrogen-bond donors (Lipinski definition) is 0. The molecule has 0 spiro atoms. The second-order valence-corrected chi connectivity index (χ2v) is 6.01. The molecule has 4 heteroatoms. The van der Waals surface area contributed by atoms with Crippen LogP contribution >= 0.6 is 0 Å². The molecule has 2 rings (SSSR count). The van der Waals surface area contributed by atoms with Gasteiger partial charge in [0.15, 0.2) is 0 Å². The molecular weight excluding hydrogens is 368 g/mol. The van der Waals surface area contributed by atoms with Crippen molar-refractivity contribution in [3.05, 3.63) is 66.0 Å². The molecule has 1 aromatic carbocycles. The van der Waals surface area contributed by atoms with Crippen molar-refractivity contribution in [2.75, 3.05) is 6.61 Å². The number of hydrogen-bond acceptors (Lipinski definition) is 3. The van der Waals surface area contributed by atoms with Crippen LogP contribution in [0.2, 0.25) is 0 Å². The van der Waals surface area contributed by atoms with Crippen molar-refractivity contribution in [2.24, 2.45) is 5.92 Å². The minimum Gasteiger partial charge on any atom is -0.874 e. The average molecular weight is 398 g/mol. The van der Waals surface area contributed by atoms with E-state index < -0.39 is 5.92 Å². The maximum Gasteiger partial charge on any atom is 2.00 e. The summed E-state index contributed by atoms with van der Waals surface area (Å²) in [7, 11) is 0. The van der Waals surface area contributed by atoms with Gasteiger partial charge in [0.2, 0.25) is 0 Å². The first-order chi connectivity index (χ1) is 12.2. The molecular formula is C22H30FeO3. The predicted octanol–water partition coefficient (Wildman–Crippen LogP) is 4.67. The van der Waals surface area contributed by atoms with Crippen molar-refractivity contribution in [2.45, 2.75) is 52.4 Å². The average Bonchev–Trinajstić information content (AvgIpc) is 3.34. The minimum atomic E-state index is -0.640. The molecule has 0 amide bonds. The molecule has 0 radical (unpaired) electrons. The Morgan fingerprint density at radius 3 is 2.19 bits per heavy atom. The van der Waals surface area contributed by atoms with Gasteiger partial charge in [0.1, 0.15) is 0 Å². The van der Waals surface area contributed by atoms with Crippen LogP contribution in [-0.2, 0) is 26.6 Å². The Morgan fingerprint density at radius 1 is 1.08 bits per heavy atom. The normalized spacial score (nSPS) is 12.8. The van der Waals surface area contributed by atoms with Gasteiger partial charge in [0, 0.05) is 0 Å². The summed E-state index contributed by atoms with van der Waals surface area (Å²) in [5, 5.41) is 12.3. The third kappa shape index (κ3) is 9.74. The largest absolute Gasteiger partial charge is 2.00 e. The van der Waals surface area contributed by atoms with Gasteiger partial charge >= 0.3 is 23.0 Å². The Morgan fingerprint density at radius 2 is 1.69 bits per heavy atom. The van der Waals surface area contributed by atoms with Gasteiger partial charge in [-0.25, -0.2) is 12.1 Å². The molecule has 0 saturated heterocycles. The maximum atomic E-state index is 12.3. The van der Waals surface area contributed by atoms with E-state index in [1.54, 1.807) is 19.1 Å². The fourth-order valence-corrected chi connectivity index (χ4v) is 2.61. The number of ether oxygens (including phenoxy) is 1. The first-order valence-electron chi connectivity index (χ1n) is 9.29. The number of allylic oxidation sites excluding steroid dienone is 5. The summed E-state index contributed by atoms with van der Waals surface area (Å²) in [6.07, 6.45) is 13.3. The molecule has 144 valence electrons. The van der Waals surface area contributed by atoms with Gasteiger partial charge in [-0.05, 0) is 18.9 Å². The zero-order valence-corrected chi connectivity index (χ0v) is 16.9. The summed E-state index contributed by atoms with van der Waals surface area (Å²) in [4.78, 5) is 12.0. The first kappa shape index (κ1) is 24.4. The number of unbranched alkanes of at least 4 members (excludes halogenated alkanes) is 4. The van der Waals surface area contributed by atoms with Crippen LogP contribution < -0.4 is 5.11 Å². The van der Waals surface area contributed by atoms with Crippen LogP contribution in [0.15, 0.2) is 66.0 Å². The molecule has 1 aliphatic rings. The Labute approximate surface area is 168 Å². The van der Waals surface area contributed by atoms with Crippen molar-refractivity contribution in [1.29, 1.82) is 0 Å². The van der Waals surface area contributed by atoms with Crippen LogP contribution in [0.3, 0.4) is 0 Å². The Balaban J connectivity index is 0.000000893. The SMILES string of the molecule is CCCCCCCC(C(=O)OCC)C([O-])=C1C=CC=C1.[Fe+2].c1cc[cH-]c1. The number of esters is 1. The van der Waals surface area contributed by atoms with Crippen molar-refractivity contribution >= 4 is 5.97 Å². The molecule has 1 unspecified atom stereocenters. The Kier molecular flexibility index (Phi) is 14.6. The van der Waals surface area contributed by atoms with E-state index in [9.17, 15) is 9.90 Å². The van der Waals surface area contributed by atoms with Crippen molar-refractivity contribution in [1.82, 2.24) is 0 Å². The third-order valence-corrected chi connectivity index (χ3v) is 3.99. The van der Waals surface area contributed by atoms with E-state index in [2.05, 4.69) is 6.92 Å². The van der Waals surface area contributed by atoms with Crippen molar-refractivity contribution < 1.29 is 31.7 Å². The van der Waals surface area contributed by atoms with E-state index in [-0.39, 0.29) is 28.8 Å². The molecule has 1 aliphatic carbocycles. The molecule has 0 aromatic heterocycles. The van der Waals surface area contributed by atoms with Gasteiger partial charge in [-0.3, -0.25) is 4.79 Å². The second-order valence-electron chi connectivity index (χ2n) is 6.01. The number of carbonyl (C=O) groups is 1. The number of carbonyl (C=O) groups excluding carboxylic acids is 1. The van der Waals surface area contributed by atoms with Crippen LogP contribution in [0.25, 0.3) is 0 Å². The van der Waals surface area contributed by atoms with Crippen molar-refractivity contribution in [3.63, 3.8) is 0 Å². The first-order valence-corrected chi connectivity index (χ1v) is 9.29. The summed E-state index contributed by atoms with van der Waals surface area (Å²) < 4.78 is 5.04. The fourth-order valence-electron chi connectivity index (χ4n) is 2.61. The smallest absolute Gasteiger partial charge is 0.874 e. The van der Waals surface area contributed by atoms with Crippen LogP contribution in [0, 0.1) is 5.92 Å². The van der Waals surface area contributed by atoms with Crippen LogP contribution in [0.4, 0.5) is 0 Å². The predicted molar refractivity (Wildman–Crippen MR) is 101 cm³/mol. The summed E-state index contributed by atoms with van der Waals surface area (Å²) >= 11 is 0. The van der Waals surface area contributed by atoms with Crippen LogP contribution in [-0.4, -0.2) is 12.6 Å². The van der Waals surface area contributed by atoms with Crippen molar-refractivity contribution in [3.8, 4) is 0 Å². The van der Waals surface area contributed by atoms with E-state index >= 15 is 0 Å². The van der Waals surface area contributed by atoms with E-state index in [0.717, 1.165) is 19.3 Å². The molecule has 1 aromatic rings. The van der Waals surface area contributed by atoms with E-state index in [1.807, 2.05) is 42.5 Å². The minimum absolute atomic E-state index is 0. The van der Waals surface area contributed by atoms with Crippen LogP contribution in [0.1, 0.15) is 52.4 Å². The van der Waals surface area contributed by atoms with E-state index in [0.29, 0.717) is 18.6 Å². The summed E-state index contributed by atoms with van der Waals surface area (Å²) in [5.74, 6) is -1.13. The van der Waals surface area contributed by atoms with Gasteiger partial charge in [0.05, 0.1) is 12.5 Å². The Bertz CT molecular complexity index is 525. The molecule has 0 bridgehead atoms. The standard InChI is InChI=1S/C17H26O3.C5H5.Fe/c1-3-5-6-7-8-13-15(17(19)20-4-2)16(18)14-11-9-10-12-14;1-2-4-5-3-1;/h9-12,15,18H,3-8,13H2,1-2H3;1-5H;/q;-1;+2/p-1. The monoisotopic (exact) mass is 398 g/mol. The number of rotatable bonds is 9. The molecule has 0 heterocycles. The van der Waals surface area contributed by atoms with E-state index in [4.69, 9.17) is 4.74 Å². The van der Waals surface area contributed by atoms with E-state index in [1.165, 1.54) is 12.8 Å². The second kappa shape index (κ2) is 15.6. The van der Waals surface area contributed by atoms with Gasteiger partial charge in [-0.15, -0.1) is 5.76 Å². The topological polar surface area (TPSA) is 49.4 Å². The van der Waals surface area contributed by atoms with Crippen LogP contribution in [0.5, 0.6) is 0 Å². The molecule has 0 saturated carbocycles. The zero-order chi connectivity index (χ0) is 18.3. The Hall–Kier alpha value is -1.64. The van der Waals surface area contributed by atoms with Gasteiger partial charge in [-0.1, -0.05) is 63.3 Å². The molecule has 1 atom stereocenters. The zero-order valence-electron chi connectivity index (χ0n) is 15.8. The van der Waals surface area contributed by atoms with Gasteiger partial charge < -0.3 is 9.84 Å². The third-order valence-electron chi connectivity index (χ3n) is 3.99. The maximum absolute atomic E-state index is 12.3. The molecule has 0 fully saturated rings. The summed E-state index contributed by atoms with van der Waals surface area (Å²) in [5.41, 5.74) is 0.608. The van der Waals surface area contributed by atoms with Gasteiger partial charge in [-0.2, -0.15) is 18.2 Å². The van der Waals surface area contributed by atoms with Gasteiger partial charge in [0.25, 0.3) is 0 Å². The molecule has 0 N–H and O–H groups in total. The summed E-state index contributed by atoms with van der Waals surface area (Å²) in [6, 6.07) is 10.0. The molecule has 0 aliphatic heterocycles. The molecule has 26 heavy (non-hydrogen) atoms. The summed E-state index contributed by atoms with van der Waals surface area (Å²) in [6.45, 7) is 4.25.